The highest BCUT2D eigenvalue weighted by molar-refractivity contribution is 8.18. The van der Waals surface area contributed by atoms with Crippen molar-refractivity contribution in [1.29, 1.82) is 0 Å². The maximum absolute atomic E-state index is 13.6. The predicted octanol–water partition coefficient (Wildman–Crippen LogP) is 6.87. The van der Waals surface area contributed by atoms with Crippen molar-refractivity contribution < 1.29 is 28.6 Å². The largest absolute Gasteiger partial charge is 0.504 e. The molecule has 3 aromatic carbocycles. The van der Waals surface area contributed by atoms with Gasteiger partial charge in [0.1, 0.15) is 11.5 Å². The number of carbonyl (C=O) groups excluding carboxylic acids is 2. The van der Waals surface area contributed by atoms with Gasteiger partial charge in [-0.2, -0.15) is 5.10 Å². The first kappa shape index (κ1) is 31.4. The average Bonchev–Trinajstić information content (AvgIpc) is 3.64. The second-order valence-electron chi connectivity index (χ2n) is 9.75. The number of halogens is 1. The summed E-state index contributed by atoms with van der Waals surface area (Å²) in [5.74, 6) is 0.629. The lowest BCUT2D eigenvalue weighted by Crippen LogP contribution is -2.28. The fraction of sp³-hybridized carbons (Fsp3) is 0.152. The summed E-state index contributed by atoms with van der Waals surface area (Å²) in [6.45, 7) is 4.07. The minimum atomic E-state index is -0.336. The Labute approximate surface area is 269 Å². The highest BCUT2D eigenvalue weighted by atomic mass is 35.5. The number of aryl methyl sites for hydroxylation is 1. The third kappa shape index (κ3) is 8.34. The summed E-state index contributed by atoms with van der Waals surface area (Å²) in [6, 6.07) is 20.7. The van der Waals surface area contributed by atoms with Crippen molar-refractivity contribution in [2.24, 2.45) is 10.2 Å². The first-order chi connectivity index (χ1) is 21.8. The van der Waals surface area contributed by atoms with E-state index in [1.54, 1.807) is 48.5 Å². The molecule has 2 heterocycles. The van der Waals surface area contributed by atoms with Crippen LogP contribution in [0.1, 0.15) is 29.4 Å². The Kier molecular flexibility index (Phi) is 10.2. The van der Waals surface area contributed by atoms with Crippen molar-refractivity contribution >= 4 is 58.3 Å². The van der Waals surface area contributed by atoms with E-state index < -0.39 is 0 Å². The Morgan fingerprint density at radius 1 is 1.09 bits per heavy atom. The zero-order valence-corrected chi connectivity index (χ0v) is 26.0. The SMILES string of the molecule is CCOc1cc(/C=N/N=C2\S/C(=C\c3cc(Cl)ccc3OCC(=O)Nc3ccc(C)cc3)C(=O)N2Cc2ccco2)ccc1O. The van der Waals surface area contributed by atoms with Crippen molar-refractivity contribution in [2.75, 3.05) is 18.5 Å². The van der Waals surface area contributed by atoms with E-state index in [-0.39, 0.29) is 30.7 Å². The van der Waals surface area contributed by atoms with Crippen LogP contribution in [0.3, 0.4) is 0 Å². The summed E-state index contributed by atoms with van der Waals surface area (Å²) in [7, 11) is 0. The van der Waals surface area contributed by atoms with Crippen LogP contribution >= 0.6 is 23.4 Å². The van der Waals surface area contributed by atoms with Crippen molar-refractivity contribution in [2.45, 2.75) is 20.4 Å². The number of anilines is 1. The molecule has 4 aromatic rings. The molecule has 2 amide bonds. The zero-order valence-electron chi connectivity index (χ0n) is 24.4. The highest BCUT2D eigenvalue weighted by Gasteiger charge is 2.34. The number of nitrogens with one attached hydrogen (secondary N) is 1. The minimum absolute atomic E-state index is 0.0212. The number of phenols is 1. The molecule has 0 radical (unpaired) electrons. The van der Waals surface area contributed by atoms with Crippen LogP contribution < -0.4 is 14.8 Å². The monoisotopic (exact) mass is 644 g/mol. The second kappa shape index (κ2) is 14.7. The van der Waals surface area contributed by atoms with E-state index in [4.69, 9.17) is 25.5 Å². The highest BCUT2D eigenvalue weighted by Crippen LogP contribution is 2.36. The molecule has 1 fully saturated rings. The summed E-state index contributed by atoms with van der Waals surface area (Å²) < 4.78 is 16.7. The zero-order chi connectivity index (χ0) is 31.8. The summed E-state index contributed by atoms with van der Waals surface area (Å²) in [4.78, 5) is 28.0. The van der Waals surface area contributed by atoms with E-state index in [1.807, 2.05) is 38.1 Å². The summed E-state index contributed by atoms with van der Waals surface area (Å²) in [5.41, 5.74) is 2.90. The first-order valence-electron chi connectivity index (χ1n) is 13.9. The second-order valence-corrected chi connectivity index (χ2v) is 11.2. The van der Waals surface area contributed by atoms with E-state index >= 15 is 0 Å². The molecule has 230 valence electrons. The first-order valence-corrected chi connectivity index (χ1v) is 15.1. The van der Waals surface area contributed by atoms with Gasteiger partial charge in [-0.15, -0.1) is 5.10 Å². The lowest BCUT2D eigenvalue weighted by atomic mass is 10.2. The van der Waals surface area contributed by atoms with Gasteiger partial charge in [0.2, 0.25) is 0 Å². The maximum Gasteiger partial charge on any atom is 0.267 e. The van der Waals surface area contributed by atoms with Gasteiger partial charge in [0.15, 0.2) is 23.3 Å². The number of benzene rings is 3. The molecule has 0 bridgehead atoms. The van der Waals surface area contributed by atoms with Crippen LogP contribution in [0.15, 0.2) is 98.6 Å². The van der Waals surface area contributed by atoms with Crippen LogP contribution in [0, 0.1) is 6.92 Å². The van der Waals surface area contributed by atoms with E-state index in [9.17, 15) is 14.7 Å². The Balaban J connectivity index is 1.37. The van der Waals surface area contributed by atoms with Gasteiger partial charge < -0.3 is 24.3 Å². The number of aromatic hydroxyl groups is 1. The van der Waals surface area contributed by atoms with Gasteiger partial charge in [-0.25, -0.2) is 0 Å². The van der Waals surface area contributed by atoms with Gasteiger partial charge in [0.05, 0.1) is 30.5 Å². The van der Waals surface area contributed by atoms with Crippen LogP contribution in [0.2, 0.25) is 5.02 Å². The van der Waals surface area contributed by atoms with Gasteiger partial charge >= 0.3 is 0 Å². The third-order valence-electron chi connectivity index (χ3n) is 6.37. The molecule has 0 spiro atoms. The Hall–Kier alpha value is -5.00. The van der Waals surface area contributed by atoms with E-state index in [1.165, 1.54) is 23.4 Å². The van der Waals surface area contributed by atoms with E-state index in [2.05, 4.69) is 15.5 Å². The normalized spacial score (nSPS) is 14.9. The summed E-state index contributed by atoms with van der Waals surface area (Å²) in [6.07, 6.45) is 4.67. The molecule has 1 aliphatic rings. The number of phenolic OH excluding ortho intramolecular Hbond substituents is 1. The molecule has 0 unspecified atom stereocenters. The third-order valence-corrected chi connectivity index (χ3v) is 7.60. The number of amides is 2. The quantitative estimate of drug-likeness (QED) is 0.104. The number of amidine groups is 1. The maximum atomic E-state index is 13.6. The molecule has 10 nitrogen and oxygen atoms in total. The number of furan rings is 1. The summed E-state index contributed by atoms with van der Waals surface area (Å²) in [5, 5.41) is 22.0. The van der Waals surface area contributed by atoms with Crippen LogP contribution in [0.25, 0.3) is 6.08 Å². The number of ether oxygens (including phenoxy) is 2. The van der Waals surface area contributed by atoms with Crippen LogP contribution in [0.5, 0.6) is 17.2 Å². The molecule has 5 rings (SSSR count). The molecular formula is C33H29ClN4O6S. The fourth-order valence-corrected chi connectivity index (χ4v) is 5.30. The molecule has 0 saturated carbocycles. The standard InChI is InChI=1S/C33H29ClN4O6S/c1-3-42-29-15-22(8-12-27(29)39)18-35-37-33-38(19-26-5-4-14-43-26)32(41)30(45-33)17-23-16-24(34)9-13-28(23)44-20-31(40)36-25-10-6-21(2)7-11-25/h4-18,39H,3,19-20H2,1-2H3,(H,36,40)/b30-17-,35-18+,37-33-. The van der Waals surface area contributed by atoms with Gasteiger partial charge in [-0.05, 0) is 97.9 Å². The van der Waals surface area contributed by atoms with Gasteiger partial charge in [-0.3, -0.25) is 14.5 Å². The molecule has 1 aromatic heterocycles. The summed E-state index contributed by atoms with van der Waals surface area (Å²) >= 11 is 7.42. The van der Waals surface area contributed by atoms with Gasteiger partial charge in [0, 0.05) is 16.3 Å². The molecule has 1 saturated heterocycles. The number of thioether (sulfide) groups is 1. The molecule has 0 atom stereocenters. The smallest absolute Gasteiger partial charge is 0.267 e. The predicted molar refractivity (Wildman–Crippen MR) is 176 cm³/mol. The van der Waals surface area contributed by atoms with Crippen molar-refractivity contribution in [3.63, 3.8) is 0 Å². The van der Waals surface area contributed by atoms with Gasteiger partial charge in [-0.1, -0.05) is 29.3 Å². The average molecular weight is 645 g/mol. The lowest BCUT2D eigenvalue weighted by Gasteiger charge is -2.13. The van der Waals surface area contributed by atoms with Gasteiger partial charge in [0.25, 0.3) is 11.8 Å². The molecule has 45 heavy (non-hydrogen) atoms. The van der Waals surface area contributed by atoms with Crippen molar-refractivity contribution in [3.05, 3.63) is 111 Å². The molecular weight excluding hydrogens is 616 g/mol. The molecule has 12 heteroatoms. The number of hydrogen-bond acceptors (Lipinski definition) is 9. The lowest BCUT2D eigenvalue weighted by molar-refractivity contribution is -0.122. The Bertz CT molecular complexity index is 1770. The molecule has 2 N–H and O–H groups in total. The van der Waals surface area contributed by atoms with Crippen LogP contribution in [-0.4, -0.2) is 46.4 Å². The minimum Gasteiger partial charge on any atom is -0.504 e. The number of carbonyl (C=O) groups is 2. The van der Waals surface area contributed by atoms with E-state index in [0.29, 0.717) is 55.8 Å². The number of hydrogen-bond donors (Lipinski definition) is 2. The van der Waals surface area contributed by atoms with Crippen LogP contribution in [-0.2, 0) is 16.1 Å². The van der Waals surface area contributed by atoms with Crippen LogP contribution in [0.4, 0.5) is 5.69 Å². The Morgan fingerprint density at radius 3 is 2.67 bits per heavy atom. The molecule has 0 aliphatic carbocycles. The fourth-order valence-electron chi connectivity index (χ4n) is 4.19. The number of nitrogens with zero attached hydrogens (tertiary/aromatic N) is 3. The van der Waals surface area contributed by atoms with E-state index in [0.717, 1.165) is 17.3 Å². The van der Waals surface area contributed by atoms with Crippen molar-refractivity contribution in [1.82, 2.24) is 4.90 Å². The topological polar surface area (TPSA) is 126 Å². The Morgan fingerprint density at radius 2 is 1.91 bits per heavy atom. The number of rotatable bonds is 11. The van der Waals surface area contributed by atoms with Crippen molar-refractivity contribution in [3.8, 4) is 17.2 Å². The molecule has 1 aliphatic heterocycles.